The topological polar surface area (TPSA) is 91.3 Å². The van der Waals surface area contributed by atoms with Crippen molar-refractivity contribution in [2.24, 2.45) is 0 Å². The Balaban J connectivity index is 1.25. The first-order chi connectivity index (χ1) is 24.1. The minimum absolute atomic E-state index is 0.186. The molecular weight excluding hydrogens is 666 g/mol. The highest BCUT2D eigenvalue weighted by Crippen LogP contribution is 2.46. The van der Waals surface area contributed by atoms with E-state index in [0.717, 1.165) is 68.6 Å². The second kappa shape index (κ2) is 16.0. The van der Waals surface area contributed by atoms with E-state index >= 15 is 0 Å². The summed E-state index contributed by atoms with van der Waals surface area (Å²) in [6, 6.07) is 11.7. The number of carbonyl (C=O) groups excluding carboxylic acids is 1. The Morgan fingerprint density at radius 2 is 1.66 bits per heavy atom. The number of rotatable bonds is 17. The predicted molar refractivity (Wildman–Crippen MR) is 205 cm³/mol. The van der Waals surface area contributed by atoms with Crippen LogP contribution in [0, 0.1) is 0 Å². The molecule has 4 aliphatic rings. The molecule has 2 fully saturated rings. The largest absolute Gasteiger partial charge is 0.478 e. The first-order valence-electron chi connectivity index (χ1n) is 18.3. The minimum atomic E-state index is -2.22. The Kier molecular flexibility index (Phi) is 11.7. The van der Waals surface area contributed by atoms with E-state index < -0.39 is 14.0 Å². The lowest BCUT2D eigenvalue weighted by atomic mass is 9.83. The highest BCUT2D eigenvalue weighted by Gasteiger charge is 2.44. The van der Waals surface area contributed by atoms with Crippen LogP contribution in [0.4, 0.5) is 5.69 Å². The molecule has 1 unspecified atom stereocenters. The first-order valence-corrected chi connectivity index (χ1v) is 21.9. The number of carboxylic acids is 1. The maximum absolute atomic E-state index is 13.4. The highest BCUT2D eigenvalue weighted by molar-refractivity contribution is 6.97. The third kappa shape index (κ3) is 7.67. The molecule has 8 nitrogen and oxygen atoms in total. The fraction of sp³-hybridized carbons (Fsp3) is 0.500. The van der Waals surface area contributed by atoms with Gasteiger partial charge in [0.25, 0.3) is 5.91 Å². The number of likely N-dealkylation sites (tertiary alicyclic amines) is 1. The minimum Gasteiger partial charge on any atom is -0.478 e. The molecule has 2 N–H and O–H groups in total. The van der Waals surface area contributed by atoms with Crippen molar-refractivity contribution in [2.75, 3.05) is 69.9 Å². The second-order valence-corrected chi connectivity index (χ2v) is 19.3. The molecule has 3 aliphatic heterocycles. The smallest absolute Gasteiger partial charge is 0.336 e. The molecule has 0 aromatic heterocycles. The number of carbonyl (C=O) groups is 2. The summed E-state index contributed by atoms with van der Waals surface area (Å²) in [5, 5.41) is 16.1. The number of anilines is 1. The Labute approximate surface area is 303 Å². The number of hydrogen-bond acceptors (Lipinski definition) is 6. The number of amides is 1. The van der Waals surface area contributed by atoms with Gasteiger partial charge in [-0.15, -0.1) is 11.6 Å². The number of allylic oxidation sites excluding steroid dienone is 3. The van der Waals surface area contributed by atoms with Crippen LogP contribution >= 0.6 is 11.6 Å². The maximum Gasteiger partial charge on any atom is 0.336 e. The van der Waals surface area contributed by atoms with Crippen LogP contribution in [-0.4, -0.2) is 101 Å². The molecule has 1 aliphatic carbocycles. The van der Waals surface area contributed by atoms with Crippen molar-refractivity contribution in [3.8, 4) is 0 Å². The van der Waals surface area contributed by atoms with Gasteiger partial charge in [-0.3, -0.25) is 9.69 Å². The monoisotopic (exact) mass is 717 g/mol. The second-order valence-electron chi connectivity index (χ2n) is 14.6. The first kappa shape index (κ1) is 36.6. The zero-order valence-electron chi connectivity index (χ0n) is 29.9. The Bertz CT molecular complexity index is 1680. The fourth-order valence-electron chi connectivity index (χ4n) is 7.50. The van der Waals surface area contributed by atoms with Crippen LogP contribution in [-0.2, 0) is 9.47 Å². The molecule has 2 aromatic rings. The van der Waals surface area contributed by atoms with Crippen LogP contribution in [0.15, 0.2) is 65.4 Å². The summed E-state index contributed by atoms with van der Waals surface area (Å²) in [6.07, 6.45) is 13.7. The van der Waals surface area contributed by atoms with Gasteiger partial charge in [-0.2, -0.15) is 0 Å². The number of carboxylic acid groups (broad SMARTS) is 1. The number of ether oxygens (including phenoxy) is 2. The molecular formula is C40H52ClN3O5Si. The average Bonchev–Trinajstić information content (AvgIpc) is 3.04. The number of fused-ring (bicyclic) bond motifs is 2. The van der Waals surface area contributed by atoms with Crippen molar-refractivity contribution < 1.29 is 24.2 Å². The van der Waals surface area contributed by atoms with E-state index in [1.807, 2.05) is 0 Å². The summed E-state index contributed by atoms with van der Waals surface area (Å²) in [7, 11) is -2.22. The third-order valence-electron chi connectivity index (χ3n) is 10.8. The quantitative estimate of drug-likeness (QED) is 0.111. The van der Waals surface area contributed by atoms with Gasteiger partial charge in [0.05, 0.1) is 30.9 Å². The number of aromatic carboxylic acids is 1. The molecule has 1 atom stereocenters. The van der Waals surface area contributed by atoms with Crippen LogP contribution in [0.25, 0.3) is 5.57 Å². The van der Waals surface area contributed by atoms with Crippen LogP contribution in [0.3, 0.4) is 0 Å². The van der Waals surface area contributed by atoms with Gasteiger partial charge in [-0.1, -0.05) is 50.2 Å². The summed E-state index contributed by atoms with van der Waals surface area (Å²) in [6.45, 7) is 13.8. The van der Waals surface area contributed by atoms with Gasteiger partial charge in [0, 0.05) is 56.5 Å². The number of benzene rings is 2. The van der Waals surface area contributed by atoms with Crippen LogP contribution < -0.4 is 15.4 Å². The standard InChI is InChI=1S/C40H52ClN3O5Si/c1-40(44-20-9-21-44)15-14-33-36(28-40)50(2,3)35-27-30(43-18-8-19-43)11-13-32(35)37(33)34-26-29(10-12-31(34)39(46)47)38(45)42-17-23-49-25-24-48-22-7-5-4-6-16-41/h10-15,26-28H,4-9,16-25H2,1-3H3,(H,42,45)(H,46,47). The van der Waals surface area contributed by atoms with E-state index in [1.54, 1.807) is 18.2 Å². The number of halogens is 1. The zero-order valence-corrected chi connectivity index (χ0v) is 31.6. The summed E-state index contributed by atoms with van der Waals surface area (Å²) in [5.41, 5.74) is 5.27. The van der Waals surface area contributed by atoms with E-state index in [4.69, 9.17) is 21.1 Å². The number of alkyl halides is 1. The highest BCUT2D eigenvalue weighted by atomic mass is 35.5. The van der Waals surface area contributed by atoms with E-state index in [1.165, 1.54) is 28.9 Å². The van der Waals surface area contributed by atoms with Crippen molar-refractivity contribution in [1.29, 1.82) is 0 Å². The molecule has 268 valence electrons. The van der Waals surface area contributed by atoms with Gasteiger partial charge >= 0.3 is 5.97 Å². The molecule has 3 heterocycles. The van der Waals surface area contributed by atoms with Gasteiger partial charge in [0.15, 0.2) is 0 Å². The molecule has 0 spiro atoms. The predicted octanol–water partition coefficient (Wildman–Crippen LogP) is 6.39. The normalized spacial score (nSPS) is 20.8. The summed E-state index contributed by atoms with van der Waals surface area (Å²) in [4.78, 5) is 31.1. The Hall–Kier alpha value is -3.21. The van der Waals surface area contributed by atoms with Gasteiger partial charge in [-0.25, -0.2) is 4.79 Å². The molecule has 1 amide bonds. The van der Waals surface area contributed by atoms with E-state index in [2.05, 4.69) is 71.6 Å². The average molecular weight is 718 g/mol. The number of hydrogen-bond donors (Lipinski definition) is 2. The zero-order chi connectivity index (χ0) is 35.3. The van der Waals surface area contributed by atoms with Crippen molar-refractivity contribution >= 4 is 48.0 Å². The molecule has 50 heavy (non-hydrogen) atoms. The lowest BCUT2D eigenvalue weighted by Gasteiger charge is -2.48. The van der Waals surface area contributed by atoms with Gasteiger partial charge in [0.2, 0.25) is 0 Å². The van der Waals surface area contributed by atoms with Gasteiger partial charge in [-0.05, 0) is 95.6 Å². The van der Waals surface area contributed by atoms with Crippen LogP contribution in [0.5, 0.6) is 0 Å². The lowest BCUT2D eigenvalue weighted by molar-refractivity contribution is 0.0468. The molecule has 6 rings (SSSR count). The van der Waals surface area contributed by atoms with Gasteiger partial charge < -0.3 is 24.8 Å². The van der Waals surface area contributed by atoms with Crippen molar-refractivity contribution in [1.82, 2.24) is 10.2 Å². The van der Waals surface area contributed by atoms with Gasteiger partial charge in [0.1, 0.15) is 8.07 Å². The van der Waals surface area contributed by atoms with E-state index in [0.29, 0.717) is 50.0 Å². The number of nitrogens with zero attached hydrogens (tertiary/aromatic N) is 2. The molecule has 10 heteroatoms. The molecule has 0 saturated carbocycles. The number of unbranched alkanes of at least 4 members (excludes halogenated alkanes) is 3. The van der Waals surface area contributed by atoms with E-state index in [9.17, 15) is 14.7 Å². The molecule has 2 saturated heterocycles. The summed E-state index contributed by atoms with van der Waals surface area (Å²) in [5.74, 6) is -0.561. The molecule has 2 aromatic carbocycles. The lowest BCUT2D eigenvalue weighted by Crippen LogP contribution is -2.55. The van der Waals surface area contributed by atoms with E-state index in [-0.39, 0.29) is 17.0 Å². The van der Waals surface area contributed by atoms with Crippen molar-refractivity contribution in [3.05, 3.63) is 87.6 Å². The fourth-order valence-corrected chi connectivity index (χ4v) is 10.9. The Morgan fingerprint density at radius 1 is 0.920 bits per heavy atom. The SMILES string of the molecule is CC1(N2CCC2)C=CC2=C(c3cc(C(=O)NCCOCCOCCCCCCCl)ccc3C(=O)O)c3ccc(N4CCC4)cc3[Si](C)(C)C2=C1. The summed E-state index contributed by atoms with van der Waals surface area (Å²) < 4.78 is 11.3. The number of nitrogens with one attached hydrogen (secondary N) is 1. The van der Waals surface area contributed by atoms with Crippen LogP contribution in [0.1, 0.15) is 77.3 Å². The molecule has 0 bridgehead atoms. The van der Waals surface area contributed by atoms with Crippen LogP contribution in [0.2, 0.25) is 13.1 Å². The molecule has 0 radical (unpaired) electrons. The Morgan fingerprint density at radius 3 is 2.34 bits per heavy atom. The van der Waals surface area contributed by atoms with Crippen molar-refractivity contribution in [2.45, 2.75) is 64.1 Å². The summed E-state index contributed by atoms with van der Waals surface area (Å²) >= 11 is 5.72. The maximum atomic E-state index is 13.4. The third-order valence-corrected chi connectivity index (χ3v) is 14.6. The van der Waals surface area contributed by atoms with Crippen molar-refractivity contribution in [3.63, 3.8) is 0 Å².